The van der Waals surface area contributed by atoms with Crippen molar-refractivity contribution in [3.05, 3.63) is 0 Å². The quantitative estimate of drug-likeness (QED) is 0.588. The number of hydrogen-bond acceptors (Lipinski definition) is 8. The molecule has 0 aliphatic heterocycles. The number of ether oxygens (including phenoxy) is 3. The van der Waals surface area contributed by atoms with Crippen LogP contribution in [0.25, 0.3) is 0 Å². The maximum absolute atomic E-state index is 5.75. The molecule has 2 unspecified atom stereocenters. The first-order chi connectivity index (χ1) is 9.25. The van der Waals surface area contributed by atoms with Crippen molar-refractivity contribution in [3.8, 4) is 12.0 Å². The Morgan fingerprint density at radius 1 is 1.11 bits per heavy atom. The van der Waals surface area contributed by atoms with Crippen LogP contribution in [0.5, 0.6) is 12.0 Å². The third-order valence-corrected chi connectivity index (χ3v) is 3.09. The number of nitrogens with two attached hydrogens (primary N) is 1. The summed E-state index contributed by atoms with van der Waals surface area (Å²) in [6, 6.07) is 0.374. The smallest absolute Gasteiger partial charge is 0.324 e. The molecule has 19 heavy (non-hydrogen) atoms. The number of hydrazine groups is 1. The van der Waals surface area contributed by atoms with Crippen LogP contribution in [0, 0.1) is 0 Å². The van der Waals surface area contributed by atoms with Crippen LogP contribution in [0.15, 0.2) is 0 Å². The molecule has 2 atom stereocenters. The van der Waals surface area contributed by atoms with E-state index in [0.29, 0.717) is 0 Å². The van der Waals surface area contributed by atoms with Crippen molar-refractivity contribution in [2.24, 2.45) is 5.84 Å². The molecule has 3 N–H and O–H groups in total. The molecule has 0 amide bonds. The van der Waals surface area contributed by atoms with Crippen LogP contribution in [-0.4, -0.2) is 41.4 Å². The van der Waals surface area contributed by atoms with E-state index in [1.54, 1.807) is 7.11 Å². The Labute approximate surface area is 111 Å². The van der Waals surface area contributed by atoms with E-state index in [1.807, 2.05) is 0 Å². The van der Waals surface area contributed by atoms with Gasteiger partial charge in [0, 0.05) is 13.5 Å². The lowest BCUT2D eigenvalue weighted by molar-refractivity contribution is 0.0176. The van der Waals surface area contributed by atoms with Gasteiger partial charge >= 0.3 is 12.0 Å². The summed E-state index contributed by atoms with van der Waals surface area (Å²) >= 11 is 0. The van der Waals surface area contributed by atoms with Gasteiger partial charge < -0.3 is 14.2 Å². The molecule has 1 saturated carbocycles. The Balaban J connectivity index is 2.05. The minimum Gasteiger partial charge on any atom is -0.467 e. The zero-order chi connectivity index (χ0) is 13.7. The largest absolute Gasteiger partial charge is 0.467 e. The first-order valence-electron chi connectivity index (χ1n) is 6.21. The Hall–Kier alpha value is -1.67. The first kappa shape index (κ1) is 13.8. The summed E-state index contributed by atoms with van der Waals surface area (Å²) in [5.74, 6) is 5.49. The molecule has 0 bridgehead atoms. The molecule has 1 aromatic heterocycles. The summed E-state index contributed by atoms with van der Waals surface area (Å²) in [6.45, 7) is 0. The maximum Gasteiger partial charge on any atom is 0.324 e. The van der Waals surface area contributed by atoms with E-state index in [0.717, 1.165) is 25.7 Å². The number of nitrogen functional groups attached to an aromatic ring is 1. The van der Waals surface area contributed by atoms with E-state index < -0.39 is 0 Å². The number of rotatable bonds is 5. The SMILES string of the molecule is COc1nc(NN)nc(OC2CCCC(OC)C2)n1. The van der Waals surface area contributed by atoms with Gasteiger partial charge in [-0.15, -0.1) is 4.98 Å². The van der Waals surface area contributed by atoms with E-state index in [4.69, 9.17) is 20.1 Å². The van der Waals surface area contributed by atoms with Gasteiger partial charge in [0.1, 0.15) is 6.10 Å². The lowest BCUT2D eigenvalue weighted by Crippen LogP contribution is -2.30. The number of aromatic nitrogens is 3. The Kier molecular flexibility index (Phi) is 4.69. The number of methoxy groups -OCH3 is 2. The second kappa shape index (κ2) is 6.48. The van der Waals surface area contributed by atoms with Crippen LogP contribution in [0.4, 0.5) is 5.95 Å². The molecule has 1 aliphatic carbocycles. The zero-order valence-electron chi connectivity index (χ0n) is 11.1. The fourth-order valence-electron chi connectivity index (χ4n) is 2.12. The third kappa shape index (κ3) is 3.65. The molecular weight excluding hydrogens is 250 g/mol. The average molecular weight is 269 g/mol. The number of nitrogens with zero attached hydrogens (tertiary/aromatic N) is 3. The first-order valence-corrected chi connectivity index (χ1v) is 6.21. The van der Waals surface area contributed by atoms with E-state index in [2.05, 4.69) is 20.4 Å². The molecule has 1 fully saturated rings. The van der Waals surface area contributed by atoms with E-state index in [1.165, 1.54) is 7.11 Å². The van der Waals surface area contributed by atoms with Crippen molar-refractivity contribution in [1.29, 1.82) is 0 Å². The highest BCUT2D eigenvalue weighted by atomic mass is 16.5. The fraction of sp³-hybridized carbons (Fsp3) is 0.727. The standard InChI is InChI=1S/C11H19N5O3/c1-17-7-4-3-5-8(6-7)19-11-14-9(16-12)13-10(15-11)18-2/h7-8H,3-6,12H2,1-2H3,(H,13,14,15,16). The van der Waals surface area contributed by atoms with E-state index >= 15 is 0 Å². The highest BCUT2D eigenvalue weighted by Crippen LogP contribution is 2.24. The van der Waals surface area contributed by atoms with Crippen LogP contribution in [0.1, 0.15) is 25.7 Å². The van der Waals surface area contributed by atoms with Crippen LogP contribution in [-0.2, 0) is 4.74 Å². The van der Waals surface area contributed by atoms with Gasteiger partial charge in [-0.25, -0.2) is 5.84 Å². The third-order valence-electron chi connectivity index (χ3n) is 3.09. The van der Waals surface area contributed by atoms with Gasteiger partial charge in [-0.05, 0) is 19.3 Å². The average Bonchev–Trinajstić information content (AvgIpc) is 2.47. The van der Waals surface area contributed by atoms with Crippen molar-refractivity contribution in [2.45, 2.75) is 37.9 Å². The predicted octanol–water partition coefficient (Wildman–Crippen LogP) is 0.502. The monoisotopic (exact) mass is 269 g/mol. The lowest BCUT2D eigenvalue weighted by atomic mass is 9.95. The van der Waals surface area contributed by atoms with E-state index in [9.17, 15) is 0 Å². The fourth-order valence-corrected chi connectivity index (χ4v) is 2.12. The van der Waals surface area contributed by atoms with Crippen molar-refractivity contribution < 1.29 is 14.2 Å². The summed E-state index contributed by atoms with van der Waals surface area (Å²) in [5.41, 5.74) is 2.35. The van der Waals surface area contributed by atoms with Gasteiger partial charge in [0.05, 0.1) is 13.2 Å². The molecular formula is C11H19N5O3. The number of anilines is 1. The van der Waals surface area contributed by atoms with Gasteiger partial charge in [-0.1, -0.05) is 0 Å². The van der Waals surface area contributed by atoms with Crippen LogP contribution < -0.4 is 20.7 Å². The summed E-state index contributed by atoms with van der Waals surface area (Å²) in [7, 11) is 3.19. The molecule has 1 aromatic rings. The minimum atomic E-state index is 0.0384. The summed E-state index contributed by atoms with van der Waals surface area (Å²) in [5, 5.41) is 0. The Bertz CT molecular complexity index is 395. The molecule has 1 aliphatic rings. The lowest BCUT2D eigenvalue weighted by Gasteiger charge is -2.27. The second-order valence-corrected chi connectivity index (χ2v) is 4.34. The highest BCUT2D eigenvalue weighted by Gasteiger charge is 2.24. The highest BCUT2D eigenvalue weighted by molar-refractivity contribution is 5.25. The maximum atomic E-state index is 5.75. The van der Waals surface area contributed by atoms with Crippen molar-refractivity contribution in [2.75, 3.05) is 19.6 Å². The minimum absolute atomic E-state index is 0.0384. The van der Waals surface area contributed by atoms with Crippen molar-refractivity contribution in [3.63, 3.8) is 0 Å². The second-order valence-electron chi connectivity index (χ2n) is 4.34. The zero-order valence-corrected chi connectivity index (χ0v) is 11.1. The van der Waals surface area contributed by atoms with Gasteiger partial charge in [0.25, 0.3) is 0 Å². The van der Waals surface area contributed by atoms with Crippen LogP contribution in [0.2, 0.25) is 0 Å². The predicted molar refractivity (Wildman–Crippen MR) is 67.9 cm³/mol. The molecule has 0 saturated heterocycles. The van der Waals surface area contributed by atoms with Crippen molar-refractivity contribution >= 4 is 5.95 Å². The van der Waals surface area contributed by atoms with Gasteiger partial charge in [0.15, 0.2) is 0 Å². The number of nitrogens with one attached hydrogen (secondary N) is 1. The van der Waals surface area contributed by atoms with E-state index in [-0.39, 0.29) is 30.2 Å². The molecule has 0 aromatic carbocycles. The Morgan fingerprint density at radius 2 is 1.84 bits per heavy atom. The normalized spacial score (nSPS) is 22.9. The summed E-state index contributed by atoms with van der Waals surface area (Å²) in [6.07, 6.45) is 4.18. The molecule has 0 radical (unpaired) electrons. The Morgan fingerprint density at radius 3 is 2.53 bits per heavy atom. The number of hydrogen-bond donors (Lipinski definition) is 2. The van der Waals surface area contributed by atoms with Gasteiger partial charge in [-0.2, -0.15) is 9.97 Å². The summed E-state index contributed by atoms with van der Waals surface area (Å²) < 4.78 is 16.1. The van der Waals surface area contributed by atoms with Crippen molar-refractivity contribution in [1.82, 2.24) is 15.0 Å². The van der Waals surface area contributed by atoms with Gasteiger partial charge in [-0.3, -0.25) is 5.43 Å². The molecule has 106 valence electrons. The molecule has 0 spiro atoms. The molecule has 1 heterocycles. The van der Waals surface area contributed by atoms with Crippen LogP contribution in [0.3, 0.4) is 0 Å². The van der Waals surface area contributed by atoms with Crippen LogP contribution >= 0.6 is 0 Å². The summed E-state index contributed by atoms with van der Waals surface area (Å²) in [4.78, 5) is 12.0. The molecule has 2 rings (SSSR count). The van der Waals surface area contributed by atoms with Gasteiger partial charge in [0.2, 0.25) is 5.95 Å². The topological polar surface area (TPSA) is 104 Å². The molecule has 8 heteroatoms. The molecule has 8 nitrogen and oxygen atoms in total.